The van der Waals surface area contributed by atoms with Crippen LogP contribution < -0.4 is 10.9 Å². The molecule has 0 aliphatic carbocycles. The van der Waals surface area contributed by atoms with Gasteiger partial charge in [0.25, 0.3) is 0 Å². The van der Waals surface area contributed by atoms with E-state index in [-0.39, 0.29) is 0 Å². The Morgan fingerprint density at radius 3 is 2.67 bits per heavy atom. The fraction of sp³-hybridized carbons (Fsp3) is 1.00. The predicted molar refractivity (Wildman–Crippen MR) is 34.9 cm³/mol. The predicted octanol–water partition coefficient (Wildman–Crippen LogP) is -0.669. The maximum Gasteiger partial charge on any atom is 0.109 e. The largest absolute Gasteiger partial charge is 0.382 e. The third kappa shape index (κ3) is 7.84. The minimum Gasteiger partial charge on any atom is -0.382 e. The van der Waals surface area contributed by atoms with Gasteiger partial charge in [0.05, 0.1) is 13.2 Å². The maximum atomic E-state index is 5.02. The maximum absolute atomic E-state index is 5.02. The lowest BCUT2D eigenvalue weighted by Gasteiger charge is -2.02. The summed E-state index contributed by atoms with van der Waals surface area (Å²) in [6, 6.07) is 0. The van der Waals surface area contributed by atoms with Crippen LogP contribution in [0.4, 0.5) is 0 Å². The average Bonchev–Trinajstić information content (AvgIpc) is 1.89. The Labute approximate surface area is 55.5 Å². The van der Waals surface area contributed by atoms with Crippen LogP contribution in [0, 0.1) is 0 Å². The summed E-state index contributed by atoms with van der Waals surface area (Å²) in [7, 11) is 3.44. The molecule has 0 heterocycles. The SMILES string of the molecule is CNNCOCCOC. The van der Waals surface area contributed by atoms with Crippen LogP contribution in [0.25, 0.3) is 0 Å². The number of ether oxygens (including phenoxy) is 2. The lowest BCUT2D eigenvalue weighted by Crippen LogP contribution is -2.30. The van der Waals surface area contributed by atoms with E-state index in [1.807, 2.05) is 0 Å². The number of hydrogen-bond acceptors (Lipinski definition) is 4. The van der Waals surface area contributed by atoms with Crippen molar-refractivity contribution in [2.75, 3.05) is 34.1 Å². The molecule has 0 aromatic heterocycles. The van der Waals surface area contributed by atoms with Gasteiger partial charge < -0.3 is 9.47 Å². The zero-order chi connectivity index (χ0) is 6.95. The molecule has 0 radical (unpaired) electrons. The highest BCUT2D eigenvalue weighted by molar-refractivity contribution is 4.24. The second-order valence-corrected chi connectivity index (χ2v) is 1.47. The topological polar surface area (TPSA) is 42.5 Å². The molecule has 0 atom stereocenters. The molecule has 0 saturated heterocycles. The van der Waals surface area contributed by atoms with Crippen molar-refractivity contribution in [1.29, 1.82) is 0 Å². The standard InChI is InChI=1S/C5H14N2O2/c1-6-7-5-9-4-3-8-2/h6-7H,3-5H2,1-2H3. The quantitative estimate of drug-likeness (QED) is 0.287. The molecule has 0 bridgehead atoms. The van der Waals surface area contributed by atoms with Crippen molar-refractivity contribution in [3.8, 4) is 0 Å². The van der Waals surface area contributed by atoms with Gasteiger partial charge in [0.15, 0.2) is 0 Å². The Morgan fingerprint density at radius 1 is 1.33 bits per heavy atom. The van der Waals surface area contributed by atoms with Crippen LogP contribution >= 0.6 is 0 Å². The van der Waals surface area contributed by atoms with Crippen molar-refractivity contribution in [3.05, 3.63) is 0 Å². The summed E-state index contributed by atoms with van der Waals surface area (Å²) >= 11 is 0. The minimum absolute atomic E-state index is 0.514. The molecule has 56 valence electrons. The van der Waals surface area contributed by atoms with E-state index < -0.39 is 0 Å². The summed E-state index contributed by atoms with van der Waals surface area (Å²) in [5.74, 6) is 0. The van der Waals surface area contributed by atoms with Gasteiger partial charge in [-0.2, -0.15) is 0 Å². The fourth-order valence-corrected chi connectivity index (χ4v) is 0.338. The van der Waals surface area contributed by atoms with Crippen molar-refractivity contribution in [1.82, 2.24) is 10.9 Å². The van der Waals surface area contributed by atoms with E-state index in [1.54, 1.807) is 14.2 Å². The van der Waals surface area contributed by atoms with Crippen molar-refractivity contribution in [2.45, 2.75) is 0 Å². The second-order valence-electron chi connectivity index (χ2n) is 1.47. The second kappa shape index (κ2) is 7.84. The van der Waals surface area contributed by atoms with Crippen molar-refractivity contribution in [2.24, 2.45) is 0 Å². The number of hydrazine groups is 1. The van der Waals surface area contributed by atoms with Crippen LogP contribution in [-0.2, 0) is 9.47 Å². The monoisotopic (exact) mass is 134 g/mol. The van der Waals surface area contributed by atoms with Crippen LogP contribution in [0.15, 0.2) is 0 Å². The number of rotatable bonds is 6. The molecule has 0 saturated carbocycles. The fourth-order valence-electron chi connectivity index (χ4n) is 0.338. The highest BCUT2D eigenvalue weighted by Gasteiger charge is 1.82. The van der Waals surface area contributed by atoms with Crippen molar-refractivity contribution in [3.63, 3.8) is 0 Å². The van der Waals surface area contributed by atoms with Crippen molar-refractivity contribution < 1.29 is 9.47 Å². The van der Waals surface area contributed by atoms with E-state index in [0.29, 0.717) is 19.9 Å². The first-order chi connectivity index (χ1) is 4.41. The highest BCUT2D eigenvalue weighted by Crippen LogP contribution is 1.70. The average molecular weight is 134 g/mol. The molecule has 0 unspecified atom stereocenters. The molecule has 9 heavy (non-hydrogen) atoms. The van der Waals surface area contributed by atoms with Gasteiger partial charge in [0, 0.05) is 7.11 Å². The van der Waals surface area contributed by atoms with Gasteiger partial charge in [0.2, 0.25) is 0 Å². The van der Waals surface area contributed by atoms with Gasteiger partial charge in [-0.25, -0.2) is 5.43 Å². The molecule has 0 aliphatic heterocycles. The summed E-state index contributed by atoms with van der Waals surface area (Å²) in [6.45, 7) is 1.79. The Kier molecular flexibility index (Phi) is 7.70. The summed E-state index contributed by atoms with van der Waals surface area (Å²) in [5.41, 5.74) is 5.51. The number of hydrogen-bond donors (Lipinski definition) is 2. The molecule has 0 aliphatic rings. The zero-order valence-corrected chi connectivity index (χ0v) is 5.94. The van der Waals surface area contributed by atoms with Gasteiger partial charge >= 0.3 is 0 Å². The van der Waals surface area contributed by atoms with E-state index in [9.17, 15) is 0 Å². The normalized spacial score (nSPS) is 10.0. The molecule has 0 aromatic carbocycles. The lowest BCUT2D eigenvalue weighted by molar-refractivity contribution is 0.0566. The van der Waals surface area contributed by atoms with Gasteiger partial charge in [-0.3, -0.25) is 5.43 Å². The molecule has 0 spiro atoms. The van der Waals surface area contributed by atoms with Crippen LogP contribution in [0.1, 0.15) is 0 Å². The lowest BCUT2D eigenvalue weighted by atomic mass is 10.8. The molecule has 4 heteroatoms. The Bertz CT molecular complexity index is 46.2. The first kappa shape index (κ1) is 8.84. The molecule has 0 fully saturated rings. The Balaban J connectivity index is 2.60. The van der Waals surface area contributed by atoms with E-state index in [4.69, 9.17) is 9.47 Å². The summed E-state index contributed by atoms with van der Waals surface area (Å²) in [4.78, 5) is 0. The first-order valence-corrected chi connectivity index (χ1v) is 2.88. The summed E-state index contributed by atoms with van der Waals surface area (Å²) < 4.78 is 9.76. The van der Waals surface area contributed by atoms with Crippen LogP contribution in [0.2, 0.25) is 0 Å². The minimum atomic E-state index is 0.514. The third-order valence-corrected chi connectivity index (χ3v) is 0.783. The molecule has 0 amide bonds. The van der Waals surface area contributed by atoms with Gasteiger partial charge in [0.1, 0.15) is 6.73 Å². The Morgan fingerprint density at radius 2 is 2.11 bits per heavy atom. The Hall–Kier alpha value is -0.160. The van der Waals surface area contributed by atoms with E-state index in [1.165, 1.54) is 0 Å². The van der Waals surface area contributed by atoms with Crippen LogP contribution in [-0.4, -0.2) is 34.1 Å². The molecular formula is C5H14N2O2. The van der Waals surface area contributed by atoms with Crippen LogP contribution in [0.3, 0.4) is 0 Å². The number of nitrogens with one attached hydrogen (secondary N) is 2. The summed E-state index contributed by atoms with van der Waals surface area (Å²) in [6.07, 6.45) is 0. The van der Waals surface area contributed by atoms with E-state index in [2.05, 4.69) is 10.9 Å². The summed E-state index contributed by atoms with van der Waals surface area (Å²) in [5, 5.41) is 0. The number of methoxy groups -OCH3 is 1. The van der Waals surface area contributed by atoms with Gasteiger partial charge in [-0.05, 0) is 7.05 Å². The van der Waals surface area contributed by atoms with E-state index >= 15 is 0 Å². The van der Waals surface area contributed by atoms with Gasteiger partial charge in [-0.1, -0.05) is 0 Å². The van der Waals surface area contributed by atoms with Crippen molar-refractivity contribution >= 4 is 0 Å². The third-order valence-electron chi connectivity index (χ3n) is 0.783. The molecule has 4 nitrogen and oxygen atoms in total. The molecule has 0 rings (SSSR count). The van der Waals surface area contributed by atoms with E-state index in [0.717, 1.165) is 0 Å². The molecule has 2 N–H and O–H groups in total. The smallest absolute Gasteiger partial charge is 0.109 e. The van der Waals surface area contributed by atoms with Crippen LogP contribution in [0.5, 0.6) is 0 Å². The highest BCUT2D eigenvalue weighted by atomic mass is 16.5. The molecule has 0 aromatic rings. The zero-order valence-electron chi connectivity index (χ0n) is 5.94. The molecular weight excluding hydrogens is 120 g/mol. The first-order valence-electron chi connectivity index (χ1n) is 2.88. The van der Waals surface area contributed by atoms with Gasteiger partial charge in [-0.15, -0.1) is 0 Å².